The molecule has 88 heavy (non-hydrogen) atoms. The van der Waals surface area contributed by atoms with Gasteiger partial charge in [0.05, 0.1) is 22.1 Å². The third-order valence-corrected chi connectivity index (χ3v) is 19.0. The molecule has 11 aromatic carbocycles. The molecule has 0 aliphatic carbocycles. The highest BCUT2D eigenvalue weighted by atomic mass is 16.5. The molecule has 12 aromatic rings. The minimum atomic E-state index is -0.925. The minimum Gasteiger partial charge on any atom is -0.457 e. The Morgan fingerprint density at radius 1 is 0.409 bits per heavy atom. The molecule has 0 saturated heterocycles. The van der Waals surface area contributed by atoms with Crippen molar-refractivity contribution < 1.29 is 15.7 Å². The van der Waals surface area contributed by atoms with E-state index in [1.807, 2.05) is 0 Å². The number of hydrogen-bond donors (Lipinski definition) is 0. The number of ether oxygens (including phenoxy) is 1. The van der Waals surface area contributed by atoms with Gasteiger partial charge in [0.1, 0.15) is 11.5 Å². The highest BCUT2D eigenvalue weighted by Gasteiger charge is 2.55. The summed E-state index contributed by atoms with van der Waals surface area (Å²) in [6, 6.07) is 66.2. The van der Waals surface area contributed by atoms with E-state index >= 15 is 0 Å². The van der Waals surface area contributed by atoms with Crippen molar-refractivity contribution in [2.45, 2.75) is 117 Å². The quantitative estimate of drug-likeness (QED) is 0.154. The maximum atomic E-state index is 9.57. The smallest absolute Gasteiger partial charge is 0.247 e. The number of para-hydroxylation sites is 4. The highest BCUT2D eigenvalue weighted by molar-refractivity contribution is 6.99. The fourth-order valence-electron chi connectivity index (χ4n) is 14.4. The van der Waals surface area contributed by atoms with Crippen LogP contribution in [0, 0.1) is 0 Å². The van der Waals surface area contributed by atoms with Gasteiger partial charge in [0.2, 0.25) is 6.71 Å². The van der Waals surface area contributed by atoms with Crippen molar-refractivity contribution in [3.05, 3.63) is 286 Å². The Morgan fingerprint density at radius 2 is 0.909 bits per heavy atom. The first kappa shape index (κ1) is 47.0. The molecule has 1 spiro atoms. The molecule has 0 saturated carbocycles. The molecule has 432 valence electrons. The van der Waals surface area contributed by atoms with Crippen LogP contribution in [0.4, 0.5) is 17.1 Å². The predicted molar refractivity (Wildman–Crippen MR) is 374 cm³/mol. The van der Waals surface area contributed by atoms with Gasteiger partial charge >= 0.3 is 0 Å². The lowest BCUT2D eigenvalue weighted by Crippen LogP contribution is -2.65. The van der Waals surface area contributed by atoms with Crippen molar-refractivity contribution in [1.82, 2.24) is 4.57 Å². The van der Waals surface area contributed by atoms with E-state index in [4.69, 9.17) is 10.2 Å². The van der Waals surface area contributed by atoms with Crippen LogP contribution in [0.5, 0.6) is 11.5 Å². The topological polar surface area (TPSA) is 17.4 Å². The molecule has 3 aliphatic heterocycles. The summed E-state index contributed by atoms with van der Waals surface area (Å²) < 4.78 is 82.5. The van der Waals surface area contributed by atoms with Crippen molar-refractivity contribution >= 4 is 62.0 Å². The van der Waals surface area contributed by atoms with Gasteiger partial charge in [0, 0.05) is 62.0 Å². The van der Waals surface area contributed by atoms with Gasteiger partial charge in [0.25, 0.3) is 0 Å². The zero-order valence-corrected chi connectivity index (χ0v) is 52.5. The standard InChI is InChI=1S/C84H77BN2O/c1-80(2,3)58-44-57(45-59(47-58)81(4,5)6)56-40-41-66-71(46-56)85-70-42-39-53(52-86-72-35-23-19-31-62(72)63-32-20-24-36-73(63)86)43-74(70)87(79-64(54-27-15-13-16-28-54)48-60(82(7,8)9)49-65(79)55-29-17-14-18-30-55)75-51-61(83(10,11)12)50-69(78(75)85)84(66)67-33-21-25-37-76(67)88-77-38-26-22-34-68(77)84/h13-51H,52H2,1-12H3/i19D,20D,23D,24D,31D,32D,35D,36D. The summed E-state index contributed by atoms with van der Waals surface area (Å²) >= 11 is 0. The second kappa shape index (κ2) is 20.0. The van der Waals surface area contributed by atoms with Crippen LogP contribution < -0.4 is 26.0 Å². The Bertz CT molecular complexity index is 5060. The van der Waals surface area contributed by atoms with Gasteiger partial charge in [-0.1, -0.05) is 276 Å². The molecule has 3 aliphatic rings. The summed E-state index contributed by atoms with van der Waals surface area (Å²) in [6.45, 7) is 27.1. The summed E-state index contributed by atoms with van der Waals surface area (Å²) in [5.41, 5.74) is 20.9. The minimum absolute atomic E-state index is 0.00612. The van der Waals surface area contributed by atoms with E-state index in [-0.39, 0.29) is 75.5 Å². The van der Waals surface area contributed by atoms with E-state index in [1.54, 1.807) is 4.57 Å². The lowest BCUT2D eigenvalue weighted by atomic mass is 9.29. The van der Waals surface area contributed by atoms with Gasteiger partial charge in [-0.2, -0.15) is 0 Å². The van der Waals surface area contributed by atoms with E-state index in [1.165, 1.54) is 16.7 Å². The van der Waals surface area contributed by atoms with E-state index < -0.39 is 35.0 Å². The first-order chi connectivity index (χ1) is 45.5. The van der Waals surface area contributed by atoms with Crippen molar-refractivity contribution in [3.8, 4) is 44.9 Å². The number of nitrogens with zero attached hydrogens (tertiary/aromatic N) is 2. The number of fused-ring (bicyclic) bond motifs is 13. The van der Waals surface area contributed by atoms with Crippen LogP contribution in [0.1, 0.15) is 144 Å². The average Bonchev–Trinajstić information content (AvgIpc) is 0.792. The van der Waals surface area contributed by atoms with Crippen LogP contribution >= 0.6 is 0 Å². The summed E-state index contributed by atoms with van der Waals surface area (Å²) in [5, 5.41) is 0.111. The molecule has 4 heteroatoms. The average molecular weight is 1150 g/mol. The zero-order valence-electron chi connectivity index (χ0n) is 60.5. The summed E-state index contributed by atoms with van der Waals surface area (Å²) in [4.78, 5) is 2.53. The molecule has 0 atom stereocenters. The van der Waals surface area contributed by atoms with Crippen molar-refractivity contribution in [2.24, 2.45) is 0 Å². The molecule has 0 unspecified atom stereocenters. The molecule has 0 N–H and O–H groups in total. The maximum Gasteiger partial charge on any atom is 0.247 e. The van der Waals surface area contributed by atoms with Gasteiger partial charge in [-0.3, -0.25) is 0 Å². The lowest BCUT2D eigenvalue weighted by Gasteiger charge is -2.51. The molecule has 15 rings (SSSR count). The normalized spacial score (nSPS) is 15.4. The number of hydrogen-bond acceptors (Lipinski definition) is 2. The van der Waals surface area contributed by atoms with Crippen LogP contribution in [0.3, 0.4) is 0 Å². The molecular weight excluding hydrogens is 1060 g/mol. The van der Waals surface area contributed by atoms with E-state index in [0.717, 1.165) is 112 Å². The molecule has 0 amide bonds. The van der Waals surface area contributed by atoms with Crippen LogP contribution in [-0.2, 0) is 33.6 Å². The Kier molecular flexibility index (Phi) is 10.7. The first-order valence-electron chi connectivity index (χ1n) is 35.1. The molecule has 0 fully saturated rings. The van der Waals surface area contributed by atoms with Gasteiger partial charge < -0.3 is 14.2 Å². The monoisotopic (exact) mass is 1150 g/mol. The fourth-order valence-corrected chi connectivity index (χ4v) is 14.4. The summed E-state index contributed by atoms with van der Waals surface area (Å²) in [7, 11) is 0. The molecule has 3 nitrogen and oxygen atoms in total. The first-order valence-corrected chi connectivity index (χ1v) is 31.1. The number of benzene rings is 11. The zero-order chi connectivity index (χ0) is 67.8. The second-order valence-electron chi connectivity index (χ2n) is 28.7. The number of aromatic nitrogens is 1. The van der Waals surface area contributed by atoms with Crippen molar-refractivity contribution in [2.75, 3.05) is 4.90 Å². The van der Waals surface area contributed by atoms with Gasteiger partial charge in [-0.25, -0.2) is 0 Å². The van der Waals surface area contributed by atoms with Crippen molar-refractivity contribution in [1.29, 1.82) is 0 Å². The maximum absolute atomic E-state index is 9.57. The lowest BCUT2D eigenvalue weighted by molar-refractivity contribution is 0.435. The number of anilines is 3. The van der Waals surface area contributed by atoms with Gasteiger partial charge in [-0.05, 0) is 142 Å². The summed E-state index contributed by atoms with van der Waals surface area (Å²) in [5.74, 6) is 1.58. The highest BCUT2D eigenvalue weighted by Crippen LogP contribution is 2.59. The molecule has 1 aromatic heterocycles. The third-order valence-electron chi connectivity index (χ3n) is 19.0. The SMILES string of the molecule is [2H]c1c([2H])c([2H])c2c(c1[2H])c1c([2H])c([2H])c([2H])c([2H])c1n2Cc1ccc2c(c1)N(c1c(-c3ccccc3)cc(C(C)(C)C)cc1-c1ccccc1)c1cc(C(C)(C)C)cc3c1B2c1cc(-c2cc(C(C)(C)C)cc(C(C)(C)C)c2)ccc1C31c2ccccc2Oc2ccccc21. The largest absolute Gasteiger partial charge is 0.457 e. The van der Waals surface area contributed by atoms with Gasteiger partial charge in [-0.15, -0.1) is 0 Å². The molecule has 4 heterocycles. The Hall–Kier alpha value is -9.12. The van der Waals surface area contributed by atoms with Crippen LogP contribution in [0.2, 0.25) is 0 Å². The Labute approximate surface area is 532 Å². The number of rotatable bonds is 6. The van der Waals surface area contributed by atoms with Crippen LogP contribution in [0.25, 0.3) is 55.2 Å². The molecule has 0 radical (unpaired) electrons. The van der Waals surface area contributed by atoms with E-state index in [0.29, 0.717) is 0 Å². The fraction of sp³-hybridized carbons (Fsp3) is 0.214. The van der Waals surface area contributed by atoms with Crippen LogP contribution in [0.15, 0.2) is 236 Å². The second-order valence-corrected chi connectivity index (χ2v) is 28.7. The summed E-state index contributed by atoms with van der Waals surface area (Å²) in [6.07, 6.45) is 0. The Balaban J connectivity index is 1.14. The van der Waals surface area contributed by atoms with E-state index in [2.05, 4.69) is 276 Å². The van der Waals surface area contributed by atoms with Crippen LogP contribution in [-0.4, -0.2) is 11.3 Å². The predicted octanol–water partition coefficient (Wildman–Crippen LogP) is 20.1. The Morgan fingerprint density at radius 3 is 1.45 bits per heavy atom. The molecular formula is C84H77BN2O. The molecule has 0 bridgehead atoms. The van der Waals surface area contributed by atoms with E-state index in [9.17, 15) is 5.48 Å². The van der Waals surface area contributed by atoms with Crippen molar-refractivity contribution in [3.63, 3.8) is 0 Å². The third kappa shape index (κ3) is 8.75. The van der Waals surface area contributed by atoms with Gasteiger partial charge in [0.15, 0.2) is 0 Å².